The van der Waals surface area contributed by atoms with Crippen LogP contribution in [-0.4, -0.2) is 28.3 Å². The monoisotopic (exact) mass is 147 g/mol. The van der Waals surface area contributed by atoms with Crippen LogP contribution in [0.5, 0.6) is 0 Å². The van der Waals surface area contributed by atoms with E-state index in [0.29, 0.717) is 12.8 Å². The molecular weight excluding hydrogens is 134 g/mol. The van der Waals surface area contributed by atoms with Crippen LogP contribution in [-0.2, 0) is 4.79 Å². The van der Waals surface area contributed by atoms with Crippen molar-refractivity contribution in [3.63, 3.8) is 0 Å². The summed E-state index contributed by atoms with van der Waals surface area (Å²) >= 11 is 0. The number of hydrogen-bond acceptors (Lipinski definition) is 3. The number of carboxylic acid groups (broad SMARTS) is 1. The molecule has 0 aromatic rings. The predicted octanol–water partition coefficient (Wildman–Crippen LogP) is -0.441. The molecule has 4 heteroatoms. The van der Waals surface area contributed by atoms with Crippen molar-refractivity contribution in [2.24, 2.45) is 5.73 Å². The van der Waals surface area contributed by atoms with E-state index in [1.54, 1.807) is 6.92 Å². The van der Waals surface area contributed by atoms with E-state index in [4.69, 9.17) is 15.9 Å². The number of hydrogen-bond donors (Lipinski definition) is 3. The van der Waals surface area contributed by atoms with Crippen molar-refractivity contribution >= 4 is 5.97 Å². The molecule has 0 rings (SSSR count). The highest BCUT2D eigenvalue weighted by Crippen LogP contribution is 1.98. The van der Waals surface area contributed by atoms with Crippen LogP contribution in [0.1, 0.15) is 19.8 Å². The molecule has 0 aliphatic heterocycles. The number of aliphatic hydroxyl groups excluding tert-OH is 1. The minimum absolute atomic E-state index is 0.326. The van der Waals surface area contributed by atoms with Crippen LogP contribution in [0.3, 0.4) is 0 Å². The van der Waals surface area contributed by atoms with Gasteiger partial charge in [0.2, 0.25) is 0 Å². The summed E-state index contributed by atoms with van der Waals surface area (Å²) in [7, 11) is 0. The smallest absolute Gasteiger partial charge is 0.320 e. The topological polar surface area (TPSA) is 83.5 Å². The second-order valence-electron chi connectivity index (χ2n) is 2.37. The molecule has 4 N–H and O–H groups in total. The minimum atomic E-state index is -1.01. The van der Waals surface area contributed by atoms with Crippen molar-refractivity contribution < 1.29 is 15.0 Å². The molecule has 0 saturated carbocycles. The first-order valence-electron chi connectivity index (χ1n) is 3.20. The lowest BCUT2D eigenvalue weighted by molar-refractivity contribution is -0.138. The van der Waals surface area contributed by atoms with Gasteiger partial charge in [0.25, 0.3) is 0 Å². The number of carbonyl (C=O) groups is 1. The number of aliphatic hydroxyl groups is 1. The van der Waals surface area contributed by atoms with Crippen molar-refractivity contribution in [2.45, 2.75) is 31.9 Å². The van der Waals surface area contributed by atoms with Gasteiger partial charge in [0.15, 0.2) is 0 Å². The third kappa shape index (κ3) is 4.29. The molecule has 0 fully saturated rings. The highest BCUT2D eigenvalue weighted by Gasteiger charge is 2.11. The van der Waals surface area contributed by atoms with Crippen LogP contribution < -0.4 is 5.73 Å². The van der Waals surface area contributed by atoms with Crippen LogP contribution in [0.25, 0.3) is 0 Å². The van der Waals surface area contributed by atoms with Gasteiger partial charge in [-0.2, -0.15) is 0 Å². The van der Waals surface area contributed by atoms with Crippen LogP contribution in [0, 0.1) is 0 Å². The van der Waals surface area contributed by atoms with Crippen LogP contribution in [0.2, 0.25) is 0 Å². The number of aliphatic carboxylic acids is 1. The van der Waals surface area contributed by atoms with E-state index in [2.05, 4.69) is 0 Å². The van der Waals surface area contributed by atoms with Gasteiger partial charge in [-0.3, -0.25) is 4.79 Å². The molecule has 2 atom stereocenters. The molecule has 0 aromatic heterocycles. The van der Waals surface area contributed by atoms with E-state index in [9.17, 15) is 4.79 Å². The number of nitrogens with two attached hydrogens (primary N) is 1. The van der Waals surface area contributed by atoms with Crippen molar-refractivity contribution in [3.05, 3.63) is 0 Å². The van der Waals surface area contributed by atoms with Gasteiger partial charge in [0.1, 0.15) is 6.04 Å². The SMILES string of the molecule is CC(O)CCC(N)C(=O)O. The first-order valence-corrected chi connectivity index (χ1v) is 3.20. The maximum Gasteiger partial charge on any atom is 0.320 e. The van der Waals surface area contributed by atoms with E-state index in [1.807, 2.05) is 0 Å². The Hall–Kier alpha value is -0.610. The van der Waals surface area contributed by atoms with Gasteiger partial charge in [0, 0.05) is 0 Å². The average Bonchev–Trinajstić information content (AvgIpc) is 1.82. The van der Waals surface area contributed by atoms with Gasteiger partial charge in [-0.15, -0.1) is 0 Å². The molecule has 0 saturated heterocycles. The van der Waals surface area contributed by atoms with Crippen molar-refractivity contribution in [2.75, 3.05) is 0 Å². The van der Waals surface area contributed by atoms with Gasteiger partial charge in [-0.05, 0) is 19.8 Å². The van der Waals surface area contributed by atoms with Crippen molar-refractivity contribution in [3.8, 4) is 0 Å². The summed E-state index contributed by atoms with van der Waals surface area (Å²) in [6.07, 6.45) is 0.297. The fourth-order valence-electron chi connectivity index (χ4n) is 0.544. The van der Waals surface area contributed by atoms with Gasteiger partial charge in [-0.1, -0.05) is 0 Å². The van der Waals surface area contributed by atoms with Gasteiger partial charge in [-0.25, -0.2) is 0 Å². The maximum atomic E-state index is 10.1. The lowest BCUT2D eigenvalue weighted by Gasteiger charge is -2.06. The summed E-state index contributed by atoms with van der Waals surface area (Å²) in [4.78, 5) is 10.1. The molecule has 0 amide bonds. The van der Waals surface area contributed by atoms with Crippen LogP contribution >= 0.6 is 0 Å². The Balaban J connectivity index is 3.40. The Kier molecular flexibility index (Phi) is 3.99. The molecule has 4 nitrogen and oxygen atoms in total. The molecule has 60 valence electrons. The molecule has 0 bridgehead atoms. The van der Waals surface area contributed by atoms with Crippen molar-refractivity contribution in [1.29, 1.82) is 0 Å². The third-order valence-electron chi connectivity index (χ3n) is 1.21. The molecule has 0 aliphatic carbocycles. The Morgan fingerprint density at radius 2 is 2.10 bits per heavy atom. The van der Waals surface area contributed by atoms with Gasteiger partial charge < -0.3 is 15.9 Å². The second kappa shape index (κ2) is 4.24. The molecule has 10 heavy (non-hydrogen) atoms. The molecule has 0 spiro atoms. The fourth-order valence-corrected chi connectivity index (χ4v) is 0.544. The zero-order valence-corrected chi connectivity index (χ0v) is 5.95. The fraction of sp³-hybridized carbons (Fsp3) is 0.833. The minimum Gasteiger partial charge on any atom is -0.480 e. The highest BCUT2D eigenvalue weighted by atomic mass is 16.4. The Morgan fingerprint density at radius 3 is 2.40 bits per heavy atom. The first kappa shape index (κ1) is 9.39. The number of carboxylic acids is 1. The molecule has 0 aliphatic rings. The Morgan fingerprint density at radius 1 is 1.60 bits per heavy atom. The van der Waals surface area contributed by atoms with E-state index in [0.717, 1.165) is 0 Å². The van der Waals surface area contributed by atoms with E-state index >= 15 is 0 Å². The quantitative estimate of drug-likeness (QED) is 0.503. The first-order chi connectivity index (χ1) is 4.54. The maximum absolute atomic E-state index is 10.1. The third-order valence-corrected chi connectivity index (χ3v) is 1.21. The summed E-state index contributed by atoms with van der Waals surface area (Å²) in [6.45, 7) is 1.61. The van der Waals surface area contributed by atoms with Crippen LogP contribution in [0.15, 0.2) is 0 Å². The summed E-state index contributed by atoms with van der Waals surface area (Å²) in [6, 6.07) is -0.838. The van der Waals surface area contributed by atoms with E-state index in [1.165, 1.54) is 0 Å². The summed E-state index contributed by atoms with van der Waals surface area (Å²) < 4.78 is 0. The van der Waals surface area contributed by atoms with E-state index in [-0.39, 0.29) is 0 Å². The van der Waals surface area contributed by atoms with Gasteiger partial charge >= 0.3 is 5.97 Å². The number of rotatable bonds is 4. The van der Waals surface area contributed by atoms with E-state index < -0.39 is 18.1 Å². The molecule has 0 radical (unpaired) electrons. The Bertz CT molecular complexity index is 114. The van der Waals surface area contributed by atoms with Gasteiger partial charge in [0.05, 0.1) is 6.10 Å². The molecule has 0 heterocycles. The predicted molar refractivity (Wildman–Crippen MR) is 36.5 cm³/mol. The summed E-state index contributed by atoms with van der Waals surface area (Å²) in [5.74, 6) is -1.01. The van der Waals surface area contributed by atoms with Crippen LogP contribution in [0.4, 0.5) is 0 Å². The molecule has 2 unspecified atom stereocenters. The summed E-state index contributed by atoms with van der Waals surface area (Å²) in [5.41, 5.74) is 5.15. The molecular formula is C6H13NO3. The lowest BCUT2D eigenvalue weighted by Crippen LogP contribution is -2.30. The summed E-state index contributed by atoms with van der Waals surface area (Å²) in [5, 5.41) is 17.0. The largest absolute Gasteiger partial charge is 0.480 e. The zero-order chi connectivity index (χ0) is 8.15. The lowest BCUT2D eigenvalue weighted by atomic mass is 10.1. The zero-order valence-electron chi connectivity index (χ0n) is 5.95. The standard InChI is InChI=1S/C6H13NO3/c1-4(8)2-3-5(7)6(9)10/h4-5,8H,2-3,7H2,1H3,(H,9,10). The normalized spacial score (nSPS) is 16.3. The van der Waals surface area contributed by atoms with Crippen molar-refractivity contribution in [1.82, 2.24) is 0 Å². The Labute approximate surface area is 59.7 Å². The molecule has 0 aromatic carbocycles. The second-order valence-corrected chi connectivity index (χ2v) is 2.37. The highest BCUT2D eigenvalue weighted by molar-refractivity contribution is 5.72. The average molecular weight is 147 g/mol.